The fourth-order valence-electron chi connectivity index (χ4n) is 1.25. The monoisotopic (exact) mass is 215 g/mol. The van der Waals surface area contributed by atoms with Crippen LogP contribution in [0.1, 0.15) is 5.56 Å². The number of anilines is 2. The molecule has 0 saturated heterocycles. The molecule has 0 spiro atoms. The third kappa shape index (κ3) is 1.97. The van der Waals surface area contributed by atoms with Gasteiger partial charge < -0.3 is 4.90 Å². The van der Waals surface area contributed by atoms with Gasteiger partial charge in [-0.05, 0) is 24.3 Å². The summed E-state index contributed by atoms with van der Waals surface area (Å²) in [5.74, 6) is 0. The highest BCUT2D eigenvalue weighted by Crippen LogP contribution is 2.25. The van der Waals surface area contributed by atoms with Crippen LogP contribution in [0.4, 0.5) is 10.8 Å². The van der Waals surface area contributed by atoms with Gasteiger partial charge in [-0.1, -0.05) is 0 Å². The molecule has 1 aromatic carbocycles. The Bertz CT molecular complexity index is 468. The number of nitrogens with zero attached hydrogens (tertiary/aromatic N) is 3. The summed E-state index contributed by atoms with van der Waals surface area (Å²) < 4.78 is 0. The zero-order valence-corrected chi connectivity index (χ0v) is 9.03. The topological polar surface area (TPSA) is 39.9 Å². The molecule has 3 nitrogen and oxygen atoms in total. The molecule has 2 rings (SSSR count). The fourth-order valence-corrected chi connectivity index (χ4v) is 1.88. The van der Waals surface area contributed by atoms with E-state index < -0.39 is 0 Å². The van der Waals surface area contributed by atoms with E-state index in [9.17, 15) is 0 Å². The Labute approximate surface area is 92.2 Å². The maximum absolute atomic E-state index is 8.68. The summed E-state index contributed by atoms with van der Waals surface area (Å²) in [6, 6.07) is 9.54. The summed E-state index contributed by atoms with van der Waals surface area (Å²) in [4.78, 5) is 6.21. The SMILES string of the molecule is CN(c1ccc(C#N)cc1)c1nccs1. The third-order valence-corrected chi connectivity index (χ3v) is 2.94. The normalized spacial score (nSPS) is 9.60. The highest BCUT2D eigenvalue weighted by atomic mass is 32.1. The highest BCUT2D eigenvalue weighted by Gasteiger charge is 2.05. The molecule has 1 heterocycles. The lowest BCUT2D eigenvalue weighted by atomic mass is 10.2. The molecular formula is C11H9N3S. The second kappa shape index (κ2) is 4.11. The van der Waals surface area contributed by atoms with E-state index in [0.29, 0.717) is 5.56 Å². The molecule has 0 saturated carbocycles. The molecule has 4 heteroatoms. The molecule has 0 aliphatic heterocycles. The summed E-state index contributed by atoms with van der Waals surface area (Å²) in [5.41, 5.74) is 1.70. The first-order valence-electron chi connectivity index (χ1n) is 4.44. The van der Waals surface area contributed by atoms with E-state index in [1.54, 1.807) is 29.7 Å². The minimum Gasteiger partial charge on any atom is -0.321 e. The molecule has 2 aromatic rings. The van der Waals surface area contributed by atoms with Crippen LogP contribution in [0.3, 0.4) is 0 Å². The Hall–Kier alpha value is -1.86. The molecule has 0 N–H and O–H groups in total. The summed E-state index contributed by atoms with van der Waals surface area (Å²) in [5, 5.41) is 11.6. The third-order valence-electron chi connectivity index (χ3n) is 2.09. The molecule has 1 aromatic heterocycles. The second-order valence-electron chi connectivity index (χ2n) is 3.03. The molecule has 15 heavy (non-hydrogen) atoms. The lowest BCUT2D eigenvalue weighted by molar-refractivity contribution is 1.17. The van der Waals surface area contributed by atoms with Gasteiger partial charge in [0.05, 0.1) is 11.6 Å². The number of benzene rings is 1. The van der Waals surface area contributed by atoms with Crippen molar-refractivity contribution >= 4 is 22.2 Å². The van der Waals surface area contributed by atoms with E-state index >= 15 is 0 Å². The quantitative estimate of drug-likeness (QED) is 0.773. The first-order chi connectivity index (χ1) is 7.31. The number of hydrogen-bond donors (Lipinski definition) is 0. The molecule has 0 radical (unpaired) electrons. The molecule has 0 amide bonds. The van der Waals surface area contributed by atoms with E-state index in [0.717, 1.165) is 10.8 Å². The molecule has 0 bridgehead atoms. The molecule has 0 fully saturated rings. The van der Waals surface area contributed by atoms with E-state index in [4.69, 9.17) is 5.26 Å². The molecule has 74 valence electrons. The maximum atomic E-state index is 8.68. The molecular weight excluding hydrogens is 206 g/mol. The van der Waals surface area contributed by atoms with E-state index in [1.165, 1.54) is 0 Å². The summed E-state index contributed by atoms with van der Waals surface area (Å²) in [7, 11) is 1.96. The first kappa shape index (κ1) is 9.69. The van der Waals surface area contributed by atoms with Gasteiger partial charge in [-0.3, -0.25) is 0 Å². The Morgan fingerprint density at radius 1 is 1.33 bits per heavy atom. The van der Waals surface area contributed by atoms with Crippen LogP contribution in [-0.2, 0) is 0 Å². The predicted molar refractivity (Wildman–Crippen MR) is 61.3 cm³/mol. The van der Waals surface area contributed by atoms with Gasteiger partial charge in [0.1, 0.15) is 0 Å². The van der Waals surface area contributed by atoms with Gasteiger partial charge in [-0.25, -0.2) is 4.98 Å². The average Bonchev–Trinajstić information content (AvgIpc) is 2.82. The van der Waals surface area contributed by atoms with Crippen molar-refractivity contribution in [1.29, 1.82) is 5.26 Å². The Balaban J connectivity index is 2.27. The lowest BCUT2D eigenvalue weighted by Crippen LogP contribution is -2.08. The summed E-state index contributed by atoms with van der Waals surface area (Å²) in [6.45, 7) is 0. The number of thiazole rings is 1. The molecule has 0 unspecified atom stereocenters. The van der Waals surface area contributed by atoms with Crippen molar-refractivity contribution in [2.75, 3.05) is 11.9 Å². The molecule has 0 atom stereocenters. The number of aromatic nitrogens is 1. The highest BCUT2D eigenvalue weighted by molar-refractivity contribution is 7.13. The van der Waals surface area contributed by atoms with Crippen LogP contribution in [0.15, 0.2) is 35.8 Å². The van der Waals surface area contributed by atoms with Crippen LogP contribution in [0.5, 0.6) is 0 Å². The van der Waals surface area contributed by atoms with Crippen LogP contribution < -0.4 is 4.90 Å². The van der Waals surface area contributed by atoms with Gasteiger partial charge in [-0.2, -0.15) is 5.26 Å². The van der Waals surface area contributed by atoms with Crippen LogP contribution in [0.2, 0.25) is 0 Å². The Kier molecular flexibility index (Phi) is 2.66. The lowest BCUT2D eigenvalue weighted by Gasteiger charge is -2.15. The zero-order valence-electron chi connectivity index (χ0n) is 8.21. The van der Waals surface area contributed by atoms with E-state index in [-0.39, 0.29) is 0 Å². The minimum atomic E-state index is 0.672. The number of rotatable bonds is 2. The van der Waals surface area contributed by atoms with Crippen LogP contribution >= 0.6 is 11.3 Å². The largest absolute Gasteiger partial charge is 0.321 e. The number of hydrogen-bond acceptors (Lipinski definition) is 4. The van der Waals surface area contributed by atoms with Crippen LogP contribution in [0.25, 0.3) is 0 Å². The molecule has 0 aliphatic carbocycles. The van der Waals surface area contributed by atoms with Gasteiger partial charge in [0.25, 0.3) is 0 Å². The van der Waals surface area contributed by atoms with Crippen LogP contribution in [0, 0.1) is 11.3 Å². The van der Waals surface area contributed by atoms with Gasteiger partial charge in [0, 0.05) is 24.3 Å². The van der Waals surface area contributed by atoms with E-state index in [1.807, 2.05) is 29.5 Å². The number of nitriles is 1. The Morgan fingerprint density at radius 3 is 2.60 bits per heavy atom. The van der Waals surface area contributed by atoms with Crippen molar-refractivity contribution in [3.05, 3.63) is 41.4 Å². The fraction of sp³-hybridized carbons (Fsp3) is 0.0909. The van der Waals surface area contributed by atoms with Crippen molar-refractivity contribution in [3.63, 3.8) is 0 Å². The Morgan fingerprint density at radius 2 is 2.07 bits per heavy atom. The van der Waals surface area contributed by atoms with E-state index in [2.05, 4.69) is 11.1 Å². The van der Waals surface area contributed by atoms with Crippen molar-refractivity contribution in [2.45, 2.75) is 0 Å². The van der Waals surface area contributed by atoms with Gasteiger partial charge in [-0.15, -0.1) is 11.3 Å². The second-order valence-corrected chi connectivity index (χ2v) is 3.91. The zero-order chi connectivity index (χ0) is 10.7. The van der Waals surface area contributed by atoms with Gasteiger partial charge >= 0.3 is 0 Å². The summed E-state index contributed by atoms with van der Waals surface area (Å²) in [6.07, 6.45) is 1.78. The summed E-state index contributed by atoms with van der Waals surface area (Å²) >= 11 is 1.59. The predicted octanol–water partition coefficient (Wildman–Crippen LogP) is 2.78. The maximum Gasteiger partial charge on any atom is 0.189 e. The van der Waals surface area contributed by atoms with Crippen molar-refractivity contribution in [2.24, 2.45) is 0 Å². The standard InChI is InChI=1S/C11H9N3S/c1-14(11-13-6-7-15-11)10-4-2-9(8-12)3-5-10/h2-7H,1H3. The van der Waals surface area contributed by atoms with Gasteiger partial charge in [0.2, 0.25) is 0 Å². The smallest absolute Gasteiger partial charge is 0.189 e. The van der Waals surface area contributed by atoms with Gasteiger partial charge in [0.15, 0.2) is 5.13 Å². The first-order valence-corrected chi connectivity index (χ1v) is 5.32. The van der Waals surface area contributed by atoms with Crippen molar-refractivity contribution < 1.29 is 0 Å². The minimum absolute atomic E-state index is 0.672. The van der Waals surface area contributed by atoms with Crippen molar-refractivity contribution in [1.82, 2.24) is 4.98 Å². The molecule has 0 aliphatic rings. The average molecular weight is 215 g/mol. The van der Waals surface area contributed by atoms with Crippen molar-refractivity contribution in [3.8, 4) is 6.07 Å². The van der Waals surface area contributed by atoms with Crippen LogP contribution in [-0.4, -0.2) is 12.0 Å².